The Morgan fingerprint density at radius 2 is 2.33 bits per heavy atom. The van der Waals surface area contributed by atoms with Crippen LogP contribution in [-0.2, 0) is 0 Å². The lowest BCUT2D eigenvalue weighted by atomic mass is 10.0. The highest BCUT2D eigenvalue weighted by atomic mass is 16.1. The average molecular weight is 286 g/mol. The van der Waals surface area contributed by atoms with Gasteiger partial charge in [-0.05, 0) is 45.4 Å². The molecule has 112 valence electrons. The van der Waals surface area contributed by atoms with E-state index in [0.29, 0.717) is 11.6 Å². The van der Waals surface area contributed by atoms with E-state index in [9.17, 15) is 4.79 Å². The third-order valence-electron chi connectivity index (χ3n) is 4.21. The van der Waals surface area contributed by atoms with Crippen LogP contribution in [-0.4, -0.2) is 45.9 Å². The van der Waals surface area contributed by atoms with E-state index in [1.807, 2.05) is 18.2 Å². The molecule has 3 rings (SSSR count). The number of benzene rings is 1. The normalized spacial score (nSPS) is 20.0. The maximum Gasteiger partial charge on any atom is 0.253 e. The fourth-order valence-electron chi connectivity index (χ4n) is 3.01. The quantitative estimate of drug-likeness (QED) is 0.909. The van der Waals surface area contributed by atoms with Crippen molar-refractivity contribution in [3.8, 4) is 0 Å². The number of hydrogen-bond acceptors (Lipinski definition) is 3. The van der Waals surface area contributed by atoms with Gasteiger partial charge in [-0.1, -0.05) is 6.07 Å². The molecule has 0 bridgehead atoms. The molecule has 21 heavy (non-hydrogen) atoms. The van der Waals surface area contributed by atoms with Gasteiger partial charge in [0.25, 0.3) is 5.91 Å². The molecule has 1 fully saturated rings. The van der Waals surface area contributed by atoms with Crippen molar-refractivity contribution < 1.29 is 4.79 Å². The molecule has 1 saturated heterocycles. The van der Waals surface area contributed by atoms with Gasteiger partial charge in [-0.25, -0.2) is 4.98 Å². The van der Waals surface area contributed by atoms with Gasteiger partial charge in [0.2, 0.25) is 0 Å². The zero-order valence-corrected chi connectivity index (χ0v) is 12.6. The van der Waals surface area contributed by atoms with Gasteiger partial charge in [0.05, 0.1) is 17.4 Å². The van der Waals surface area contributed by atoms with E-state index in [2.05, 4.69) is 34.0 Å². The number of rotatable bonds is 3. The molecule has 0 aliphatic carbocycles. The Morgan fingerprint density at radius 3 is 3.14 bits per heavy atom. The second-order valence-electron chi connectivity index (χ2n) is 6.01. The first-order valence-electron chi connectivity index (χ1n) is 7.62. The lowest BCUT2D eigenvalue weighted by Crippen LogP contribution is -2.49. The fraction of sp³-hybridized carbons (Fsp3) is 0.500. The van der Waals surface area contributed by atoms with Crippen molar-refractivity contribution in [2.24, 2.45) is 0 Å². The minimum atomic E-state index is -0.0247. The summed E-state index contributed by atoms with van der Waals surface area (Å²) >= 11 is 0. The van der Waals surface area contributed by atoms with Crippen molar-refractivity contribution in [1.82, 2.24) is 20.2 Å². The number of hydrogen-bond donors (Lipinski definition) is 2. The molecule has 0 radical (unpaired) electrons. The van der Waals surface area contributed by atoms with Crippen LogP contribution in [0.25, 0.3) is 11.0 Å². The lowest BCUT2D eigenvalue weighted by molar-refractivity contribution is 0.0888. The van der Waals surface area contributed by atoms with E-state index in [4.69, 9.17) is 0 Å². The van der Waals surface area contributed by atoms with Gasteiger partial charge < -0.3 is 10.3 Å². The van der Waals surface area contributed by atoms with Crippen LogP contribution >= 0.6 is 0 Å². The molecule has 0 spiro atoms. The van der Waals surface area contributed by atoms with Gasteiger partial charge in [-0.15, -0.1) is 0 Å². The van der Waals surface area contributed by atoms with Crippen LogP contribution in [0, 0.1) is 0 Å². The summed E-state index contributed by atoms with van der Waals surface area (Å²) in [6.07, 6.45) is 3.81. The number of nitrogens with zero attached hydrogens (tertiary/aromatic N) is 2. The highest BCUT2D eigenvalue weighted by molar-refractivity contribution is 6.04. The van der Waals surface area contributed by atoms with Crippen molar-refractivity contribution in [1.29, 1.82) is 0 Å². The van der Waals surface area contributed by atoms with Crippen molar-refractivity contribution in [3.63, 3.8) is 0 Å². The monoisotopic (exact) mass is 286 g/mol. The number of H-pyrrole nitrogens is 1. The first kappa shape index (κ1) is 14.1. The first-order valence-corrected chi connectivity index (χ1v) is 7.62. The Hall–Kier alpha value is -1.88. The number of aromatic amines is 1. The zero-order chi connectivity index (χ0) is 14.8. The Morgan fingerprint density at radius 1 is 1.48 bits per heavy atom. The first-order chi connectivity index (χ1) is 10.1. The molecule has 1 aromatic carbocycles. The zero-order valence-electron chi connectivity index (χ0n) is 12.6. The molecule has 2 heterocycles. The molecule has 2 N–H and O–H groups in total. The molecule has 1 amide bonds. The van der Waals surface area contributed by atoms with E-state index in [-0.39, 0.29) is 11.9 Å². The molecule has 5 nitrogen and oxygen atoms in total. The maximum absolute atomic E-state index is 12.5. The lowest BCUT2D eigenvalue weighted by Gasteiger charge is -2.35. The molecule has 1 aliphatic heterocycles. The summed E-state index contributed by atoms with van der Waals surface area (Å²) in [6, 6.07) is 6.40. The van der Waals surface area contributed by atoms with Crippen molar-refractivity contribution in [3.05, 3.63) is 30.1 Å². The van der Waals surface area contributed by atoms with Crippen molar-refractivity contribution in [2.45, 2.75) is 38.8 Å². The number of fused-ring (bicyclic) bond motifs is 1. The predicted octanol–water partition coefficient (Wildman–Crippen LogP) is 2.17. The number of carbonyl (C=O) groups excluding carboxylic acids is 1. The maximum atomic E-state index is 12.5. The summed E-state index contributed by atoms with van der Waals surface area (Å²) in [7, 11) is 0. The van der Waals surface area contributed by atoms with E-state index in [1.165, 1.54) is 0 Å². The summed E-state index contributed by atoms with van der Waals surface area (Å²) in [5, 5.41) is 3.17. The number of likely N-dealkylation sites (tertiary alicyclic amines) is 1. The Bertz CT molecular complexity index is 634. The van der Waals surface area contributed by atoms with Crippen LogP contribution in [0.1, 0.15) is 37.0 Å². The fourth-order valence-corrected chi connectivity index (χ4v) is 3.01. The third-order valence-corrected chi connectivity index (χ3v) is 4.21. The smallest absolute Gasteiger partial charge is 0.253 e. The Labute approximate surface area is 124 Å². The van der Waals surface area contributed by atoms with Gasteiger partial charge in [-0.2, -0.15) is 0 Å². The summed E-state index contributed by atoms with van der Waals surface area (Å²) in [5.41, 5.74) is 2.29. The number of carbonyl (C=O) groups is 1. The Balaban J connectivity index is 1.73. The standard InChI is InChI=1S/C16H22N4O/c1-11(2)20-8-4-5-12(9-20)19-16(21)13-6-3-7-14-15(13)18-10-17-14/h3,6-7,10-12H,4-5,8-9H2,1-2H3,(H,17,18)(H,19,21)/t12-/m1/s1. The number of para-hydroxylation sites is 1. The predicted molar refractivity (Wildman–Crippen MR) is 83.3 cm³/mol. The molecule has 2 aromatic rings. The second-order valence-corrected chi connectivity index (χ2v) is 6.01. The molecule has 1 aromatic heterocycles. The number of nitrogens with one attached hydrogen (secondary N) is 2. The summed E-state index contributed by atoms with van der Waals surface area (Å²) in [4.78, 5) is 22.2. The number of piperidine rings is 1. The molecule has 0 saturated carbocycles. The van der Waals surface area contributed by atoms with Crippen LogP contribution in [0.5, 0.6) is 0 Å². The number of imidazole rings is 1. The van der Waals surface area contributed by atoms with Gasteiger partial charge >= 0.3 is 0 Å². The van der Waals surface area contributed by atoms with Gasteiger partial charge in [0.15, 0.2) is 0 Å². The van der Waals surface area contributed by atoms with E-state index < -0.39 is 0 Å². The minimum Gasteiger partial charge on any atom is -0.348 e. The van der Waals surface area contributed by atoms with Gasteiger partial charge in [0, 0.05) is 18.6 Å². The van der Waals surface area contributed by atoms with Crippen LogP contribution in [0.3, 0.4) is 0 Å². The molecule has 1 atom stereocenters. The van der Waals surface area contributed by atoms with E-state index in [0.717, 1.165) is 37.0 Å². The largest absolute Gasteiger partial charge is 0.348 e. The second kappa shape index (κ2) is 5.85. The molecular weight excluding hydrogens is 264 g/mol. The topological polar surface area (TPSA) is 61.0 Å². The van der Waals surface area contributed by atoms with Gasteiger partial charge in [0.1, 0.15) is 5.52 Å². The van der Waals surface area contributed by atoms with Crippen LogP contribution in [0.15, 0.2) is 24.5 Å². The minimum absolute atomic E-state index is 0.0247. The van der Waals surface area contributed by atoms with E-state index >= 15 is 0 Å². The summed E-state index contributed by atoms with van der Waals surface area (Å²) in [6.45, 7) is 6.46. The number of amides is 1. The van der Waals surface area contributed by atoms with Gasteiger partial charge in [-0.3, -0.25) is 9.69 Å². The SMILES string of the molecule is CC(C)N1CCC[C@@H](NC(=O)c2cccc3[nH]cnc23)C1. The average Bonchev–Trinajstić information content (AvgIpc) is 2.95. The van der Waals surface area contributed by atoms with Crippen LogP contribution in [0.4, 0.5) is 0 Å². The molecule has 1 aliphatic rings. The van der Waals surface area contributed by atoms with Crippen molar-refractivity contribution >= 4 is 16.9 Å². The highest BCUT2D eigenvalue weighted by Crippen LogP contribution is 2.17. The molecule has 5 heteroatoms. The van der Waals surface area contributed by atoms with Crippen LogP contribution < -0.4 is 5.32 Å². The Kier molecular flexibility index (Phi) is 3.92. The van der Waals surface area contributed by atoms with Crippen molar-refractivity contribution in [2.75, 3.05) is 13.1 Å². The van der Waals surface area contributed by atoms with Crippen LogP contribution in [0.2, 0.25) is 0 Å². The summed E-state index contributed by atoms with van der Waals surface area (Å²) < 4.78 is 0. The molecular formula is C16H22N4O. The molecule has 0 unspecified atom stereocenters. The third kappa shape index (κ3) is 2.93. The summed E-state index contributed by atoms with van der Waals surface area (Å²) in [5.74, 6) is -0.0247. The van der Waals surface area contributed by atoms with E-state index in [1.54, 1.807) is 6.33 Å². The highest BCUT2D eigenvalue weighted by Gasteiger charge is 2.24. The number of aromatic nitrogens is 2.